The summed E-state index contributed by atoms with van der Waals surface area (Å²) < 4.78 is 18.3. The summed E-state index contributed by atoms with van der Waals surface area (Å²) in [4.78, 5) is 10.4. The summed E-state index contributed by atoms with van der Waals surface area (Å²) in [5.41, 5.74) is 1.73. The van der Waals surface area contributed by atoms with Crippen LogP contribution >= 0.6 is 0 Å². The third-order valence-corrected chi connectivity index (χ3v) is 2.57. The van der Waals surface area contributed by atoms with E-state index in [4.69, 9.17) is 4.74 Å². The number of rotatable bonds is 4. The smallest absolute Gasteiger partial charge is 0.127 e. The maximum absolute atomic E-state index is 13.2. The molecule has 0 saturated heterocycles. The lowest BCUT2D eigenvalue weighted by molar-refractivity contribution is -0.108. The van der Waals surface area contributed by atoms with Gasteiger partial charge in [-0.2, -0.15) is 0 Å². The first-order valence-corrected chi connectivity index (χ1v) is 4.87. The summed E-state index contributed by atoms with van der Waals surface area (Å²) in [6.45, 7) is 3.77. The van der Waals surface area contributed by atoms with E-state index in [1.54, 1.807) is 0 Å². The predicted octanol–water partition coefficient (Wildman–Crippen LogP) is 2.84. The van der Waals surface area contributed by atoms with Crippen molar-refractivity contribution in [1.29, 1.82) is 0 Å². The Bertz CT molecular complexity index is 361. The van der Waals surface area contributed by atoms with Crippen LogP contribution in [-0.4, -0.2) is 13.4 Å². The summed E-state index contributed by atoms with van der Waals surface area (Å²) in [6.07, 6.45) is 1.24. The summed E-state index contributed by atoms with van der Waals surface area (Å²) >= 11 is 0. The molecule has 1 unspecified atom stereocenters. The van der Waals surface area contributed by atoms with Crippen molar-refractivity contribution >= 4 is 6.29 Å². The maximum Gasteiger partial charge on any atom is 0.127 e. The second-order valence-corrected chi connectivity index (χ2v) is 3.63. The highest BCUT2D eigenvalue weighted by atomic mass is 19.1. The average molecular weight is 210 g/mol. The van der Waals surface area contributed by atoms with Crippen molar-refractivity contribution in [3.8, 4) is 5.75 Å². The van der Waals surface area contributed by atoms with Gasteiger partial charge in [-0.25, -0.2) is 4.39 Å². The van der Waals surface area contributed by atoms with Crippen LogP contribution in [0.4, 0.5) is 4.39 Å². The van der Waals surface area contributed by atoms with Crippen LogP contribution in [0, 0.1) is 12.7 Å². The Morgan fingerprint density at radius 2 is 2.20 bits per heavy atom. The van der Waals surface area contributed by atoms with Gasteiger partial charge in [0.1, 0.15) is 17.9 Å². The van der Waals surface area contributed by atoms with E-state index < -0.39 is 0 Å². The summed E-state index contributed by atoms with van der Waals surface area (Å²) in [5.74, 6) is 0.222. The lowest BCUT2D eigenvalue weighted by Gasteiger charge is -2.15. The van der Waals surface area contributed by atoms with E-state index in [0.717, 1.165) is 17.4 Å². The summed E-state index contributed by atoms with van der Waals surface area (Å²) in [5, 5.41) is 0. The van der Waals surface area contributed by atoms with Crippen molar-refractivity contribution in [2.45, 2.75) is 26.2 Å². The van der Waals surface area contributed by atoms with Crippen molar-refractivity contribution in [1.82, 2.24) is 0 Å². The molecule has 0 bridgehead atoms. The van der Waals surface area contributed by atoms with Crippen LogP contribution < -0.4 is 4.74 Å². The molecule has 0 amide bonds. The highest BCUT2D eigenvalue weighted by Crippen LogP contribution is 2.29. The van der Waals surface area contributed by atoms with Gasteiger partial charge in [-0.3, -0.25) is 0 Å². The third-order valence-electron chi connectivity index (χ3n) is 2.57. The van der Waals surface area contributed by atoms with Crippen LogP contribution in [0.5, 0.6) is 5.75 Å². The van der Waals surface area contributed by atoms with Crippen LogP contribution in [0.2, 0.25) is 0 Å². The molecule has 0 N–H and O–H groups in total. The molecule has 1 rings (SSSR count). The second-order valence-electron chi connectivity index (χ2n) is 3.63. The van der Waals surface area contributed by atoms with E-state index >= 15 is 0 Å². The molecule has 0 radical (unpaired) electrons. The molecule has 82 valence electrons. The van der Waals surface area contributed by atoms with Crippen molar-refractivity contribution < 1.29 is 13.9 Å². The Hall–Kier alpha value is -1.38. The zero-order chi connectivity index (χ0) is 11.4. The number of aldehydes is 1. The van der Waals surface area contributed by atoms with Gasteiger partial charge in [-0.15, -0.1) is 0 Å². The minimum absolute atomic E-state index is 0.0205. The molecule has 0 aliphatic rings. The first kappa shape index (κ1) is 11.7. The molecular formula is C12H15FO2. The Morgan fingerprint density at radius 3 is 2.73 bits per heavy atom. The molecule has 0 aromatic heterocycles. The summed E-state index contributed by atoms with van der Waals surface area (Å²) in [7, 11) is 1.51. The highest BCUT2D eigenvalue weighted by Gasteiger charge is 2.13. The van der Waals surface area contributed by atoms with Crippen LogP contribution in [0.15, 0.2) is 12.1 Å². The van der Waals surface area contributed by atoms with Gasteiger partial charge < -0.3 is 9.53 Å². The van der Waals surface area contributed by atoms with Gasteiger partial charge in [0, 0.05) is 12.5 Å². The molecule has 0 saturated carbocycles. The molecule has 1 aromatic carbocycles. The standard InChI is InChI=1S/C12H15FO2/c1-8(4-5-14)11-6-10(13)7-12(15-3)9(11)2/h5-8H,4H2,1-3H3. The normalized spacial score (nSPS) is 12.3. The van der Waals surface area contributed by atoms with Crippen molar-refractivity contribution in [3.63, 3.8) is 0 Å². The quantitative estimate of drug-likeness (QED) is 0.714. The number of benzene rings is 1. The first-order chi connectivity index (χ1) is 7.10. The van der Waals surface area contributed by atoms with E-state index in [1.807, 2.05) is 13.8 Å². The Kier molecular flexibility index (Phi) is 3.83. The number of methoxy groups -OCH3 is 1. The molecule has 3 heteroatoms. The monoisotopic (exact) mass is 210 g/mol. The van der Waals surface area contributed by atoms with Crippen molar-refractivity contribution in [2.24, 2.45) is 0 Å². The van der Waals surface area contributed by atoms with E-state index in [1.165, 1.54) is 19.2 Å². The number of halogens is 1. The van der Waals surface area contributed by atoms with Gasteiger partial charge >= 0.3 is 0 Å². The zero-order valence-electron chi connectivity index (χ0n) is 9.21. The fraction of sp³-hybridized carbons (Fsp3) is 0.417. The minimum atomic E-state index is -0.329. The van der Waals surface area contributed by atoms with Gasteiger partial charge in [-0.05, 0) is 30.0 Å². The van der Waals surface area contributed by atoms with Crippen molar-refractivity contribution in [2.75, 3.05) is 7.11 Å². The van der Waals surface area contributed by atoms with E-state index in [-0.39, 0.29) is 11.7 Å². The molecule has 0 aliphatic carbocycles. The topological polar surface area (TPSA) is 26.3 Å². The molecule has 15 heavy (non-hydrogen) atoms. The number of ether oxygens (including phenoxy) is 1. The lowest BCUT2D eigenvalue weighted by atomic mass is 9.93. The Balaban J connectivity index is 3.16. The number of hydrogen-bond donors (Lipinski definition) is 0. The average Bonchev–Trinajstić information content (AvgIpc) is 2.21. The molecule has 0 fully saturated rings. The Labute approximate surface area is 89.1 Å². The van der Waals surface area contributed by atoms with Crippen LogP contribution in [0.25, 0.3) is 0 Å². The van der Waals surface area contributed by atoms with E-state index in [9.17, 15) is 9.18 Å². The fourth-order valence-corrected chi connectivity index (χ4v) is 1.67. The Morgan fingerprint density at radius 1 is 1.53 bits per heavy atom. The number of carbonyl (C=O) groups excluding carboxylic acids is 1. The highest BCUT2D eigenvalue weighted by molar-refractivity contribution is 5.53. The first-order valence-electron chi connectivity index (χ1n) is 4.87. The predicted molar refractivity (Wildman–Crippen MR) is 56.8 cm³/mol. The van der Waals surface area contributed by atoms with E-state index in [0.29, 0.717) is 12.2 Å². The van der Waals surface area contributed by atoms with Gasteiger partial charge in [0.25, 0.3) is 0 Å². The molecular weight excluding hydrogens is 195 g/mol. The number of carbonyl (C=O) groups is 1. The van der Waals surface area contributed by atoms with Crippen LogP contribution in [0.1, 0.15) is 30.4 Å². The molecule has 1 atom stereocenters. The van der Waals surface area contributed by atoms with Gasteiger partial charge in [-0.1, -0.05) is 6.92 Å². The van der Waals surface area contributed by atoms with Crippen LogP contribution in [0.3, 0.4) is 0 Å². The van der Waals surface area contributed by atoms with E-state index in [2.05, 4.69) is 0 Å². The molecule has 0 aliphatic heterocycles. The SMILES string of the molecule is COc1cc(F)cc(C(C)CC=O)c1C. The molecule has 1 aromatic rings. The zero-order valence-corrected chi connectivity index (χ0v) is 9.21. The minimum Gasteiger partial charge on any atom is -0.496 e. The maximum atomic E-state index is 13.2. The second kappa shape index (κ2) is 4.91. The fourth-order valence-electron chi connectivity index (χ4n) is 1.67. The molecule has 2 nitrogen and oxygen atoms in total. The van der Waals surface area contributed by atoms with Crippen molar-refractivity contribution in [3.05, 3.63) is 29.1 Å². The third kappa shape index (κ3) is 2.55. The molecule has 0 heterocycles. The lowest BCUT2D eigenvalue weighted by Crippen LogP contribution is -2.01. The van der Waals surface area contributed by atoms with Gasteiger partial charge in [0.15, 0.2) is 0 Å². The number of hydrogen-bond acceptors (Lipinski definition) is 2. The molecule has 0 spiro atoms. The van der Waals surface area contributed by atoms with Gasteiger partial charge in [0.2, 0.25) is 0 Å². The summed E-state index contributed by atoms with van der Waals surface area (Å²) in [6, 6.07) is 2.82. The largest absolute Gasteiger partial charge is 0.496 e. The van der Waals surface area contributed by atoms with Crippen LogP contribution in [-0.2, 0) is 4.79 Å². The van der Waals surface area contributed by atoms with Gasteiger partial charge in [0.05, 0.1) is 7.11 Å².